The van der Waals surface area contributed by atoms with E-state index in [1.165, 1.54) is 5.56 Å². The highest BCUT2D eigenvalue weighted by Crippen LogP contribution is 2.30. The summed E-state index contributed by atoms with van der Waals surface area (Å²) < 4.78 is 5.51. The van der Waals surface area contributed by atoms with Crippen molar-refractivity contribution < 1.29 is 4.74 Å². The van der Waals surface area contributed by atoms with Gasteiger partial charge in [-0.2, -0.15) is 5.26 Å². The van der Waals surface area contributed by atoms with Gasteiger partial charge in [-0.3, -0.25) is 0 Å². The highest BCUT2D eigenvalue weighted by atomic mass is 16.5. The van der Waals surface area contributed by atoms with Crippen molar-refractivity contribution in [2.45, 2.75) is 25.7 Å². The van der Waals surface area contributed by atoms with Crippen LogP contribution in [0.1, 0.15) is 30.7 Å². The van der Waals surface area contributed by atoms with Crippen molar-refractivity contribution in [3.63, 3.8) is 0 Å². The van der Waals surface area contributed by atoms with Crippen molar-refractivity contribution in [3.8, 4) is 23.1 Å². The van der Waals surface area contributed by atoms with Crippen LogP contribution in [-0.2, 0) is 6.42 Å². The van der Waals surface area contributed by atoms with Crippen molar-refractivity contribution in [3.05, 3.63) is 41.9 Å². The van der Waals surface area contributed by atoms with Gasteiger partial charge >= 0.3 is 0 Å². The van der Waals surface area contributed by atoms with E-state index in [0.717, 1.165) is 36.5 Å². The molecule has 1 atom stereocenters. The van der Waals surface area contributed by atoms with Gasteiger partial charge in [-0.25, -0.2) is 9.97 Å². The second kappa shape index (κ2) is 5.30. The number of fused-ring (bicyclic) bond motifs is 1. The third-order valence-electron chi connectivity index (χ3n) is 3.54. The molecule has 0 bridgehead atoms. The zero-order valence-electron chi connectivity index (χ0n) is 11.3. The summed E-state index contributed by atoms with van der Waals surface area (Å²) in [4.78, 5) is 8.76. The van der Waals surface area contributed by atoms with E-state index in [0.29, 0.717) is 5.82 Å². The number of hydrogen-bond acceptors (Lipinski definition) is 4. The second-order valence-electron chi connectivity index (χ2n) is 4.81. The maximum Gasteiger partial charge on any atom is 0.146 e. The van der Waals surface area contributed by atoms with Crippen LogP contribution in [0.15, 0.2) is 30.5 Å². The third-order valence-corrected chi connectivity index (χ3v) is 3.54. The Balaban J connectivity index is 1.98. The fourth-order valence-electron chi connectivity index (χ4n) is 2.38. The number of benzene rings is 1. The first-order valence-electron chi connectivity index (χ1n) is 6.80. The van der Waals surface area contributed by atoms with Crippen LogP contribution in [0.5, 0.6) is 5.75 Å². The van der Waals surface area contributed by atoms with E-state index in [9.17, 15) is 0 Å². The Morgan fingerprint density at radius 3 is 3.10 bits per heavy atom. The van der Waals surface area contributed by atoms with Crippen LogP contribution in [0, 0.1) is 11.3 Å². The third kappa shape index (κ3) is 2.23. The molecular formula is C16H15N3O. The van der Waals surface area contributed by atoms with Gasteiger partial charge in [0.1, 0.15) is 17.5 Å². The average Bonchev–Trinajstić information content (AvgIpc) is 2.96. The van der Waals surface area contributed by atoms with Gasteiger partial charge in [0, 0.05) is 18.2 Å². The molecule has 0 saturated heterocycles. The molecule has 0 saturated carbocycles. The van der Waals surface area contributed by atoms with Gasteiger partial charge in [-0.15, -0.1) is 0 Å². The van der Waals surface area contributed by atoms with Crippen LogP contribution >= 0.6 is 0 Å². The monoisotopic (exact) mass is 265 g/mol. The number of aromatic nitrogens is 2. The van der Waals surface area contributed by atoms with Gasteiger partial charge in [-0.1, -0.05) is 6.92 Å². The number of rotatable bonds is 3. The molecule has 2 heterocycles. The molecule has 20 heavy (non-hydrogen) atoms. The van der Waals surface area contributed by atoms with E-state index < -0.39 is 0 Å². The number of ether oxygens (including phenoxy) is 1. The highest BCUT2D eigenvalue weighted by molar-refractivity contribution is 5.62. The van der Waals surface area contributed by atoms with Gasteiger partial charge in [-0.05, 0) is 36.2 Å². The fourth-order valence-corrected chi connectivity index (χ4v) is 2.38. The normalized spacial score (nSPS) is 14.2. The molecule has 4 heteroatoms. The lowest BCUT2D eigenvalue weighted by molar-refractivity contribution is 0.357. The summed E-state index contributed by atoms with van der Waals surface area (Å²) in [6.07, 6.45) is 3.39. The lowest BCUT2D eigenvalue weighted by atomic mass is 10.0. The predicted molar refractivity (Wildman–Crippen MR) is 75.3 cm³/mol. The molecule has 0 spiro atoms. The van der Waals surface area contributed by atoms with Crippen molar-refractivity contribution >= 4 is 0 Å². The quantitative estimate of drug-likeness (QED) is 0.855. The Labute approximate surface area is 118 Å². The van der Waals surface area contributed by atoms with Crippen LogP contribution in [0.4, 0.5) is 0 Å². The molecule has 1 aliphatic heterocycles. The van der Waals surface area contributed by atoms with Gasteiger partial charge < -0.3 is 4.74 Å². The summed E-state index contributed by atoms with van der Waals surface area (Å²) in [6.45, 7) is 2.72. The summed E-state index contributed by atoms with van der Waals surface area (Å²) in [7, 11) is 0. The van der Waals surface area contributed by atoms with E-state index in [1.54, 1.807) is 6.20 Å². The number of hydrogen-bond donors (Lipinski definition) is 0. The summed E-state index contributed by atoms with van der Waals surface area (Å²) in [5.41, 5.74) is 3.12. The lowest BCUT2D eigenvalue weighted by Gasteiger charge is -2.08. The molecule has 0 amide bonds. The molecule has 4 nitrogen and oxygen atoms in total. The lowest BCUT2D eigenvalue weighted by Crippen LogP contribution is -2.02. The van der Waals surface area contributed by atoms with Crippen LogP contribution in [0.2, 0.25) is 0 Å². The van der Waals surface area contributed by atoms with Gasteiger partial charge in [0.25, 0.3) is 0 Å². The molecular weight excluding hydrogens is 250 g/mol. The molecule has 2 aromatic rings. The minimum absolute atomic E-state index is 0.243. The first kappa shape index (κ1) is 12.6. The van der Waals surface area contributed by atoms with E-state index in [-0.39, 0.29) is 5.92 Å². The van der Waals surface area contributed by atoms with Crippen molar-refractivity contribution in [2.75, 3.05) is 6.61 Å². The molecule has 1 aliphatic rings. The molecule has 100 valence electrons. The van der Waals surface area contributed by atoms with Gasteiger partial charge in [0.2, 0.25) is 0 Å². The smallest absolute Gasteiger partial charge is 0.146 e. The highest BCUT2D eigenvalue weighted by Gasteiger charge is 2.15. The van der Waals surface area contributed by atoms with Crippen LogP contribution in [-0.4, -0.2) is 16.6 Å². The minimum atomic E-state index is -0.243. The van der Waals surface area contributed by atoms with Crippen molar-refractivity contribution in [1.29, 1.82) is 5.26 Å². The molecule has 3 rings (SSSR count). The molecule has 1 unspecified atom stereocenters. The summed E-state index contributed by atoms with van der Waals surface area (Å²) in [6, 6.07) is 10.2. The maximum absolute atomic E-state index is 9.12. The van der Waals surface area contributed by atoms with E-state index in [2.05, 4.69) is 22.1 Å². The van der Waals surface area contributed by atoms with Crippen molar-refractivity contribution in [1.82, 2.24) is 9.97 Å². The Morgan fingerprint density at radius 2 is 2.30 bits per heavy atom. The van der Waals surface area contributed by atoms with Crippen molar-refractivity contribution in [2.24, 2.45) is 0 Å². The molecule has 1 aromatic carbocycles. The molecule has 0 fully saturated rings. The van der Waals surface area contributed by atoms with E-state index >= 15 is 0 Å². The number of nitrogens with zero attached hydrogens (tertiary/aromatic N) is 3. The topological polar surface area (TPSA) is 58.8 Å². The van der Waals surface area contributed by atoms with E-state index in [1.807, 2.05) is 25.1 Å². The Kier molecular flexibility index (Phi) is 3.34. The molecule has 0 N–H and O–H groups in total. The summed E-state index contributed by atoms with van der Waals surface area (Å²) in [5, 5.41) is 9.12. The van der Waals surface area contributed by atoms with Crippen LogP contribution < -0.4 is 4.74 Å². The molecule has 0 aliphatic carbocycles. The molecule has 1 aromatic heterocycles. The zero-order valence-corrected chi connectivity index (χ0v) is 11.3. The van der Waals surface area contributed by atoms with Gasteiger partial charge in [0.05, 0.1) is 18.4 Å². The van der Waals surface area contributed by atoms with Crippen LogP contribution in [0.3, 0.4) is 0 Å². The standard InChI is InChI=1S/C16H15N3O/c1-2-11(10-17)16-18-7-5-14(19-16)12-3-4-15-13(9-12)6-8-20-15/h3-5,7,9,11H,2,6,8H2,1H3. The predicted octanol–water partition coefficient (Wildman–Crippen LogP) is 3.10. The van der Waals surface area contributed by atoms with E-state index in [4.69, 9.17) is 10.00 Å². The largest absolute Gasteiger partial charge is 0.493 e. The Hall–Kier alpha value is -2.41. The first-order valence-corrected chi connectivity index (χ1v) is 6.80. The molecule has 0 radical (unpaired) electrons. The fraction of sp³-hybridized carbons (Fsp3) is 0.312. The summed E-state index contributed by atoms with van der Waals surface area (Å²) in [5.74, 6) is 1.32. The van der Waals surface area contributed by atoms with Crippen LogP contribution in [0.25, 0.3) is 11.3 Å². The average molecular weight is 265 g/mol. The van der Waals surface area contributed by atoms with Gasteiger partial charge in [0.15, 0.2) is 0 Å². The first-order chi connectivity index (χ1) is 9.81. The minimum Gasteiger partial charge on any atom is -0.493 e. The SMILES string of the molecule is CCC(C#N)c1nccc(-c2ccc3c(c2)CCO3)n1. The second-order valence-corrected chi connectivity index (χ2v) is 4.81. The Bertz CT molecular complexity index is 676. The maximum atomic E-state index is 9.12. The number of nitriles is 1. The Morgan fingerprint density at radius 1 is 1.40 bits per heavy atom. The zero-order chi connectivity index (χ0) is 13.9. The summed E-state index contributed by atoms with van der Waals surface area (Å²) >= 11 is 0.